The van der Waals surface area contributed by atoms with Gasteiger partial charge in [0.2, 0.25) is 5.91 Å². The molecule has 7 heteroatoms. The quantitative estimate of drug-likeness (QED) is 0.728. The summed E-state index contributed by atoms with van der Waals surface area (Å²) in [6.07, 6.45) is 2.87. The minimum absolute atomic E-state index is 0.146. The van der Waals surface area contributed by atoms with E-state index >= 15 is 0 Å². The highest BCUT2D eigenvalue weighted by Crippen LogP contribution is 2.45. The number of hydrogen-bond donors (Lipinski definition) is 0. The number of fused-ring (bicyclic) bond motifs is 1. The van der Waals surface area contributed by atoms with Gasteiger partial charge >= 0.3 is 6.09 Å². The van der Waals surface area contributed by atoms with Crippen molar-refractivity contribution in [1.82, 2.24) is 9.80 Å². The molecule has 2 saturated heterocycles. The number of rotatable bonds is 4. The van der Waals surface area contributed by atoms with E-state index < -0.39 is 11.9 Å². The van der Waals surface area contributed by atoms with Crippen molar-refractivity contribution in [2.45, 2.75) is 51.4 Å². The fourth-order valence-electron chi connectivity index (χ4n) is 5.41. The van der Waals surface area contributed by atoms with Crippen LogP contribution < -0.4 is 4.74 Å². The minimum Gasteiger partial charge on any atom is -0.410 e. The van der Waals surface area contributed by atoms with Gasteiger partial charge in [-0.05, 0) is 43.9 Å². The number of amides is 2. The summed E-state index contributed by atoms with van der Waals surface area (Å²) in [5.74, 6) is 0.0408. The second-order valence-corrected chi connectivity index (χ2v) is 9.57. The fourth-order valence-corrected chi connectivity index (χ4v) is 5.41. The molecule has 0 bridgehead atoms. The first-order valence-electron chi connectivity index (χ1n) is 11.4. The second kappa shape index (κ2) is 9.27. The van der Waals surface area contributed by atoms with Gasteiger partial charge in [0.25, 0.3) is 0 Å². The summed E-state index contributed by atoms with van der Waals surface area (Å²) < 4.78 is 17.4. The van der Waals surface area contributed by atoms with Gasteiger partial charge in [0.05, 0.1) is 19.1 Å². The van der Waals surface area contributed by atoms with Crippen LogP contribution in [-0.2, 0) is 14.3 Å². The van der Waals surface area contributed by atoms with E-state index in [1.54, 1.807) is 24.3 Å². The maximum absolute atomic E-state index is 13.5. The fraction of sp³-hybridized carbons (Fsp3) is 0.667. The largest absolute Gasteiger partial charge is 0.422 e. The third kappa shape index (κ3) is 4.94. The van der Waals surface area contributed by atoms with Gasteiger partial charge in [-0.15, -0.1) is 0 Å². The number of imide groups is 1. The van der Waals surface area contributed by atoms with Crippen molar-refractivity contribution < 1.29 is 23.8 Å². The number of ether oxygens (including phenoxy) is 3. The van der Waals surface area contributed by atoms with Crippen LogP contribution in [0.3, 0.4) is 0 Å². The van der Waals surface area contributed by atoms with Crippen LogP contribution in [0.1, 0.15) is 39.5 Å². The Kier molecular flexibility index (Phi) is 6.65. The number of likely N-dealkylation sites (tertiary alicyclic amines) is 1. The topological polar surface area (TPSA) is 68.3 Å². The van der Waals surface area contributed by atoms with Gasteiger partial charge < -0.3 is 19.1 Å². The van der Waals surface area contributed by atoms with Crippen LogP contribution in [0.15, 0.2) is 30.3 Å². The standard InChI is InChI=1S/C24H34N2O5/c1-17(2)15-26(23(28)31-20-7-5-4-6-8-20)22(27)19-13-18-14-24(29-11-12-30-24)10-9-21(18)25(3)16-19/h4-8,17-19,21H,9-16H2,1-3H3/t18-,19-,21-/m1/s1. The highest BCUT2D eigenvalue weighted by atomic mass is 16.7. The summed E-state index contributed by atoms with van der Waals surface area (Å²) in [6, 6.07) is 9.34. The van der Waals surface area contributed by atoms with Crippen LogP contribution in [-0.4, -0.2) is 67.0 Å². The molecule has 1 aliphatic carbocycles. The number of para-hydroxylation sites is 1. The van der Waals surface area contributed by atoms with Crippen molar-refractivity contribution in [3.63, 3.8) is 0 Å². The van der Waals surface area contributed by atoms with E-state index in [2.05, 4.69) is 11.9 Å². The van der Waals surface area contributed by atoms with Crippen molar-refractivity contribution in [3.8, 4) is 5.75 Å². The number of hydrogen-bond acceptors (Lipinski definition) is 6. The predicted octanol–water partition coefficient (Wildman–Crippen LogP) is 3.53. The summed E-state index contributed by atoms with van der Waals surface area (Å²) in [4.78, 5) is 30.1. The van der Waals surface area contributed by atoms with Crippen molar-refractivity contribution >= 4 is 12.0 Å². The smallest absolute Gasteiger partial charge is 0.410 e. The third-order valence-corrected chi connectivity index (χ3v) is 6.75. The molecule has 3 fully saturated rings. The molecule has 1 saturated carbocycles. The Hall–Kier alpha value is -1.96. The Bertz CT molecular complexity index is 777. The van der Waals surface area contributed by atoms with Crippen LogP contribution in [0.2, 0.25) is 0 Å². The molecule has 4 rings (SSSR count). The second-order valence-electron chi connectivity index (χ2n) is 9.57. The molecule has 0 radical (unpaired) electrons. The Balaban J connectivity index is 1.47. The SMILES string of the molecule is CC(C)CN(C(=O)Oc1ccccc1)C(=O)[C@@H]1C[C@@H]2CC3(CC[C@H]2N(C)C1)OCCO3. The van der Waals surface area contributed by atoms with E-state index in [0.717, 1.165) is 25.7 Å². The zero-order valence-corrected chi connectivity index (χ0v) is 18.8. The van der Waals surface area contributed by atoms with E-state index in [1.807, 2.05) is 19.9 Å². The first-order valence-corrected chi connectivity index (χ1v) is 11.4. The molecule has 7 nitrogen and oxygen atoms in total. The van der Waals surface area contributed by atoms with E-state index in [0.29, 0.717) is 44.0 Å². The number of benzene rings is 1. The van der Waals surface area contributed by atoms with Crippen molar-refractivity contribution in [2.75, 3.05) is 33.4 Å². The molecule has 2 aliphatic heterocycles. The summed E-state index contributed by atoms with van der Waals surface area (Å²) >= 11 is 0. The summed E-state index contributed by atoms with van der Waals surface area (Å²) in [5, 5.41) is 0. The molecule has 1 spiro atoms. The van der Waals surface area contributed by atoms with Crippen LogP contribution in [0.4, 0.5) is 4.79 Å². The lowest BCUT2D eigenvalue weighted by Gasteiger charge is -2.49. The molecule has 170 valence electrons. The lowest BCUT2D eigenvalue weighted by molar-refractivity contribution is -0.202. The van der Waals surface area contributed by atoms with Gasteiger partial charge in [0.15, 0.2) is 5.79 Å². The van der Waals surface area contributed by atoms with Crippen molar-refractivity contribution in [2.24, 2.45) is 17.8 Å². The van der Waals surface area contributed by atoms with Crippen LogP contribution >= 0.6 is 0 Å². The van der Waals surface area contributed by atoms with E-state index in [4.69, 9.17) is 14.2 Å². The zero-order chi connectivity index (χ0) is 22.0. The van der Waals surface area contributed by atoms with Gasteiger partial charge in [-0.2, -0.15) is 0 Å². The average molecular weight is 431 g/mol. The van der Waals surface area contributed by atoms with Crippen molar-refractivity contribution in [3.05, 3.63) is 30.3 Å². The van der Waals surface area contributed by atoms with Crippen LogP contribution in [0, 0.1) is 17.8 Å². The molecule has 0 N–H and O–H groups in total. The number of carbonyl (C=O) groups is 2. The number of nitrogens with zero attached hydrogens (tertiary/aromatic N) is 2. The zero-order valence-electron chi connectivity index (χ0n) is 18.8. The van der Waals surface area contributed by atoms with Gasteiger partial charge in [0, 0.05) is 32.0 Å². The summed E-state index contributed by atoms with van der Waals surface area (Å²) in [5.41, 5.74) is 0. The molecule has 2 amide bonds. The molecule has 31 heavy (non-hydrogen) atoms. The third-order valence-electron chi connectivity index (χ3n) is 6.75. The first-order chi connectivity index (χ1) is 14.9. The monoisotopic (exact) mass is 430 g/mol. The van der Waals surface area contributed by atoms with Gasteiger partial charge in [-0.1, -0.05) is 32.0 Å². The molecule has 2 heterocycles. The molecule has 0 unspecified atom stereocenters. The molecular formula is C24H34N2O5. The molecule has 0 aromatic heterocycles. The molecule has 3 atom stereocenters. The average Bonchev–Trinajstić information content (AvgIpc) is 3.19. The van der Waals surface area contributed by atoms with E-state index in [-0.39, 0.29) is 17.7 Å². The molecule has 1 aromatic carbocycles. The Labute approximate surface area is 184 Å². The Morgan fingerprint density at radius 1 is 1.23 bits per heavy atom. The highest BCUT2D eigenvalue weighted by molar-refractivity contribution is 5.94. The maximum atomic E-state index is 13.5. The van der Waals surface area contributed by atoms with Gasteiger partial charge in [-0.3, -0.25) is 4.79 Å². The Morgan fingerprint density at radius 3 is 2.61 bits per heavy atom. The van der Waals surface area contributed by atoms with Crippen molar-refractivity contribution in [1.29, 1.82) is 0 Å². The highest BCUT2D eigenvalue weighted by Gasteiger charge is 2.49. The van der Waals surface area contributed by atoms with Gasteiger partial charge in [0.1, 0.15) is 5.75 Å². The Morgan fingerprint density at radius 2 is 1.94 bits per heavy atom. The molecule has 3 aliphatic rings. The number of piperidine rings is 1. The first kappa shape index (κ1) is 22.2. The minimum atomic E-state index is -0.600. The van der Waals surface area contributed by atoms with Crippen LogP contribution in [0.5, 0.6) is 5.75 Å². The summed E-state index contributed by atoms with van der Waals surface area (Å²) in [6.45, 7) is 6.28. The van der Waals surface area contributed by atoms with E-state index in [1.165, 1.54) is 4.90 Å². The lowest BCUT2D eigenvalue weighted by Crippen LogP contribution is -2.56. The van der Waals surface area contributed by atoms with Crippen LogP contribution in [0.25, 0.3) is 0 Å². The van der Waals surface area contributed by atoms with E-state index in [9.17, 15) is 9.59 Å². The van der Waals surface area contributed by atoms with Gasteiger partial charge in [-0.25, -0.2) is 9.69 Å². The summed E-state index contributed by atoms with van der Waals surface area (Å²) in [7, 11) is 2.08. The molecular weight excluding hydrogens is 396 g/mol. The lowest BCUT2D eigenvalue weighted by atomic mass is 9.72. The normalized spacial score (nSPS) is 27.8. The molecule has 1 aromatic rings. The predicted molar refractivity (Wildman–Crippen MR) is 116 cm³/mol. The number of carbonyl (C=O) groups excluding carboxylic acids is 2. The maximum Gasteiger partial charge on any atom is 0.422 e.